The van der Waals surface area contributed by atoms with Crippen molar-refractivity contribution in [2.75, 3.05) is 25.5 Å². The zero-order valence-corrected chi connectivity index (χ0v) is 18.5. The Morgan fingerprint density at radius 2 is 1.83 bits per heavy atom. The highest BCUT2D eigenvalue weighted by Crippen LogP contribution is 2.26. The highest BCUT2D eigenvalue weighted by Gasteiger charge is 2.33. The number of hydrogen-bond donors (Lipinski definition) is 1. The van der Waals surface area contributed by atoms with Crippen molar-refractivity contribution in [1.29, 1.82) is 0 Å². The average molecular weight is 431 g/mol. The Kier molecular flexibility index (Phi) is 7.50. The van der Waals surface area contributed by atoms with E-state index in [0.29, 0.717) is 25.1 Å². The third kappa shape index (κ3) is 5.40. The molecule has 2 aromatic rings. The Balaban J connectivity index is 1.63. The Labute approximate surface area is 179 Å². The van der Waals surface area contributed by atoms with E-state index < -0.39 is 10.0 Å². The first kappa shape index (κ1) is 22.3. The Bertz CT molecular complexity index is 940. The van der Waals surface area contributed by atoms with Crippen LogP contribution in [0, 0.1) is 5.92 Å². The molecule has 3 rings (SSSR count). The van der Waals surface area contributed by atoms with Crippen molar-refractivity contribution in [3.63, 3.8) is 0 Å². The first-order valence-electron chi connectivity index (χ1n) is 10.5. The third-order valence-corrected chi connectivity index (χ3v) is 7.37. The molecule has 1 N–H and O–H groups in total. The summed E-state index contributed by atoms with van der Waals surface area (Å²) in [5.74, 6) is 0.100. The van der Waals surface area contributed by atoms with Crippen LogP contribution >= 0.6 is 0 Å². The van der Waals surface area contributed by atoms with E-state index in [-0.39, 0.29) is 23.3 Å². The number of ether oxygens (including phenoxy) is 1. The molecule has 1 aliphatic heterocycles. The zero-order valence-electron chi connectivity index (χ0n) is 17.6. The zero-order chi connectivity index (χ0) is 21.6. The van der Waals surface area contributed by atoms with Crippen molar-refractivity contribution in [1.82, 2.24) is 4.31 Å². The molecule has 0 bridgehead atoms. The highest BCUT2D eigenvalue weighted by atomic mass is 32.2. The number of piperidine rings is 1. The van der Waals surface area contributed by atoms with Crippen LogP contribution in [0.25, 0.3) is 0 Å². The van der Waals surface area contributed by atoms with Crippen molar-refractivity contribution in [2.24, 2.45) is 5.92 Å². The molecule has 0 radical (unpaired) electrons. The van der Waals surface area contributed by atoms with E-state index in [4.69, 9.17) is 4.74 Å². The van der Waals surface area contributed by atoms with Gasteiger partial charge in [0.15, 0.2) is 0 Å². The summed E-state index contributed by atoms with van der Waals surface area (Å²) in [6, 6.07) is 14.2. The molecule has 30 heavy (non-hydrogen) atoms. The lowest BCUT2D eigenvalue weighted by atomic mass is 9.98. The fraction of sp³-hybridized carbons (Fsp3) is 0.435. The van der Waals surface area contributed by atoms with Gasteiger partial charge in [0.1, 0.15) is 5.75 Å². The predicted octanol–water partition coefficient (Wildman–Crippen LogP) is 4.08. The second-order valence-corrected chi connectivity index (χ2v) is 9.61. The number of nitrogens with zero attached hydrogens (tertiary/aromatic N) is 1. The number of anilines is 1. The van der Waals surface area contributed by atoms with Crippen molar-refractivity contribution < 1.29 is 17.9 Å². The van der Waals surface area contributed by atoms with Gasteiger partial charge in [0, 0.05) is 18.8 Å². The summed E-state index contributed by atoms with van der Waals surface area (Å²) in [6.45, 7) is 2.77. The summed E-state index contributed by atoms with van der Waals surface area (Å²) in [6.07, 6.45) is 4.66. The van der Waals surface area contributed by atoms with Gasteiger partial charge in [0.2, 0.25) is 15.9 Å². The first-order valence-corrected chi connectivity index (χ1v) is 11.9. The molecular formula is C23H30N2O4S. The Hall–Kier alpha value is -2.38. The quantitative estimate of drug-likeness (QED) is 0.685. The molecule has 1 saturated heterocycles. The van der Waals surface area contributed by atoms with E-state index in [9.17, 15) is 13.2 Å². The minimum absolute atomic E-state index is 0.133. The van der Waals surface area contributed by atoms with E-state index >= 15 is 0 Å². The molecule has 6 nitrogen and oxygen atoms in total. The van der Waals surface area contributed by atoms with Crippen LogP contribution in [-0.4, -0.2) is 38.8 Å². The normalized spacial score (nSPS) is 17.5. The molecule has 1 amide bonds. The highest BCUT2D eigenvalue weighted by molar-refractivity contribution is 7.89. The second kappa shape index (κ2) is 10.1. The van der Waals surface area contributed by atoms with Gasteiger partial charge >= 0.3 is 0 Å². The van der Waals surface area contributed by atoms with Crippen LogP contribution in [0.3, 0.4) is 0 Å². The molecule has 7 heteroatoms. The van der Waals surface area contributed by atoms with E-state index in [1.54, 1.807) is 12.1 Å². The van der Waals surface area contributed by atoms with E-state index in [1.807, 2.05) is 24.3 Å². The smallest absolute Gasteiger partial charge is 0.243 e. The van der Waals surface area contributed by atoms with Crippen molar-refractivity contribution in [3.05, 3.63) is 54.1 Å². The molecule has 0 aromatic heterocycles. The van der Waals surface area contributed by atoms with Crippen molar-refractivity contribution >= 4 is 21.6 Å². The van der Waals surface area contributed by atoms with Gasteiger partial charge in [-0.15, -0.1) is 0 Å². The monoisotopic (exact) mass is 430 g/mol. The van der Waals surface area contributed by atoms with Gasteiger partial charge in [-0.25, -0.2) is 8.42 Å². The third-order valence-electron chi connectivity index (χ3n) is 5.49. The van der Waals surface area contributed by atoms with Crippen LogP contribution in [0.2, 0.25) is 0 Å². The van der Waals surface area contributed by atoms with Crippen LogP contribution in [0.5, 0.6) is 5.75 Å². The minimum atomic E-state index is -3.64. The molecular weight excluding hydrogens is 400 g/mol. The van der Waals surface area contributed by atoms with Gasteiger partial charge in [-0.3, -0.25) is 4.79 Å². The molecule has 2 aromatic carbocycles. The SMILES string of the molecule is CCCCc1ccc(NC(=O)C2CCCN(S(=O)(=O)c3ccc(OC)cc3)C2)cc1. The lowest BCUT2D eigenvalue weighted by Crippen LogP contribution is -2.43. The summed E-state index contributed by atoms with van der Waals surface area (Å²) in [5, 5.41) is 2.94. The van der Waals surface area contributed by atoms with Crippen LogP contribution < -0.4 is 10.1 Å². The number of nitrogens with one attached hydrogen (secondary N) is 1. The molecule has 162 valence electrons. The van der Waals surface area contributed by atoms with Crippen LogP contribution in [-0.2, 0) is 21.2 Å². The van der Waals surface area contributed by atoms with Crippen LogP contribution in [0.4, 0.5) is 5.69 Å². The van der Waals surface area contributed by atoms with Crippen LogP contribution in [0.1, 0.15) is 38.2 Å². The standard InChI is InChI=1S/C23H30N2O4S/c1-3-4-6-18-8-10-20(11-9-18)24-23(26)19-7-5-16-25(17-19)30(27,28)22-14-12-21(29-2)13-15-22/h8-15,19H,3-7,16-17H2,1-2H3,(H,24,26). The molecule has 1 aliphatic rings. The second-order valence-electron chi connectivity index (χ2n) is 7.67. The fourth-order valence-corrected chi connectivity index (χ4v) is 5.18. The van der Waals surface area contributed by atoms with Gasteiger partial charge < -0.3 is 10.1 Å². The molecule has 0 saturated carbocycles. The summed E-state index contributed by atoms with van der Waals surface area (Å²) >= 11 is 0. The maximum Gasteiger partial charge on any atom is 0.243 e. The maximum absolute atomic E-state index is 13.0. The number of benzene rings is 2. The number of carbonyl (C=O) groups is 1. The largest absolute Gasteiger partial charge is 0.497 e. The molecule has 1 fully saturated rings. The number of amides is 1. The van der Waals surface area contributed by atoms with Gasteiger partial charge in [-0.05, 0) is 67.6 Å². The number of aryl methyl sites for hydroxylation is 1. The van der Waals surface area contributed by atoms with Gasteiger partial charge in [-0.2, -0.15) is 4.31 Å². The van der Waals surface area contributed by atoms with Crippen LogP contribution in [0.15, 0.2) is 53.4 Å². The molecule has 1 atom stereocenters. The van der Waals surface area contributed by atoms with E-state index in [0.717, 1.165) is 24.9 Å². The average Bonchev–Trinajstić information content (AvgIpc) is 2.78. The summed E-state index contributed by atoms with van der Waals surface area (Å²) in [4.78, 5) is 13.0. The molecule has 1 unspecified atom stereocenters. The minimum Gasteiger partial charge on any atom is -0.497 e. The molecule has 0 aliphatic carbocycles. The number of carbonyl (C=O) groups excluding carboxylic acids is 1. The molecule has 1 heterocycles. The van der Waals surface area contributed by atoms with Crippen molar-refractivity contribution in [2.45, 2.75) is 43.9 Å². The topological polar surface area (TPSA) is 75.7 Å². The lowest BCUT2D eigenvalue weighted by Gasteiger charge is -2.31. The Morgan fingerprint density at radius 3 is 2.47 bits per heavy atom. The first-order chi connectivity index (χ1) is 14.4. The summed E-state index contributed by atoms with van der Waals surface area (Å²) < 4.78 is 32.5. The predicted molar refractivity (Wildman–Crippen MR) is 118 cm³/mol. The maximum atomic E-state index is 13.0. The number of unbranched alkanes of at least 4 members (excludes halogenated alkanes) is 1. The van der Waals surface area contributed by atoms with E-state index in [1.165, 1.54) is 29.1 Å². The number of hydrogen-bond acceptors (Lipinski definition) is 4. The lowest BCUT2D eigenvalue weighted by molar-refractivity contribution is -0.120. The Morgan fingerprint density at radius 1 is 1.13 bits per heavy atom. The van der Waals surface area contributed by atoms with E-state index in [2.05, 4.69) is 12.2 Å². The summed E-state index contributed by atoms with van der Waals surface area (Å²) in [7, 11) is -2.11. The van der Waals surface area contributed by atoms with Gasteiger partial charge in [0.05, 0.1) is 17.9 Å². The number of methoxy groups -OCH3 is 1. The van der Waals surface area contributed by atoms with Gasteiger partial charge in [-0.1, -0.05) is 25.5 Å². The number of rotatable bonds is 8. The fourth-order valence-electron chi connectivity index (χ4n) is 3.65. The van der Waals surface area contributed by atoms with Gasteiger partial charge in [0.25, 0.3) is 0 Å². The summed E-state index contributed by atoms with van der Waals surface area (Å²) in [5.41, 5.74) is 2.00. The number of sulfonamides is 1. The molecule has 0 spiro atoms. The van der Waals surface area contributed by atoms with Crippen molar-refractivity contribution in [3.8, 4) is 5.75 Å².